The number of ether oxygens (including phenoxy) is 1. The van der Waals surface area contributed by atoms with Crippen LogP contribution in [0, 0.1) is 0 Å². The predicted octanol–water partition coefficient (Wildman–Crippen LogP) is 2.17. The molecule has 0 aliphatic heterocycles. The SMILES string of the molecule is CCCOC(CN)c1cccs1. The molecule has 2 N–H and O–H groups in total. The summed E-state index contributed by atoms with van der Waals surface area (Å²) in [6.07, 6.45) is 1.15. The van der Waals surface area contributed by atoms with Gasteiger partial charge in [0.15, 0.2) is 0 Å². The minimum Gasteiger partial charge on any atom is -0.371 e. The largest absolute Gasteiger partial charge is 0.371 e. The van der Waals surface area contributed by atoms with Gasteiger partial charge in [-0.25, -0.2) is 0 Å². The summed E-state index contributed by atoms with van der Waals surface area (Å²) < 4.78 is 5.57. The molecule has 1 atom stereocenters. The summed E-state index contributed by atoms with van der Waals surface area (Å²) in [6.45, 7) is 3.46. The van der Waals surface area contributed by atoms with Crippen molar-refractivity contribution in [2.75, 3.05) is 13.2 Å². The van der Waals surface area contributed by atoms with Crippen LogP contribution in [0.3, 0.4) is 0 Å². The van der Waals surface area contributed by atoms with Crippen LogP contribution in [0.4, 0.5) is 0 Å². The van der Waals surface area contributed by atoms with Crippen LogP contribution in [0.25, 0.3) is 0 Å². The first kappa shape index (κ1) is 9.71. The monoisotopic (exact) mass is 185 g/mol. The van der Waals surface area contributed by atoms with Crippen molar-refractivity contribution < 1.29 is 4.74 Å². The number of hydrogen-bond acceptors (Lipinski definition) is 3. The van der Waals surface area contributed by atoms with Gasteiger partial charge in [-0.05, 0) is 17.9 Å². The molecule has 0 radical (unpaired) electrons. The zero-order valence-electron chi connectivity index (χ0n) is 7.32. The zero-order chi connectivity index (χ0) is 8.81. The van der Waals surface area contributed by atoms with E-state index in [0.29, 0.717) is 6.54 Å². The Hall–Kier alpha value is -0.380. The maximum atomic E-state index is 5.59. The second-order valence-corrected chi connectivity index (χ2v) is 3.59. The first-order valence-electron chi connectivity index (χ1n) is 4.23. The van der Waals surface area contributed by atoms with Crippen molar-refractivity contribution in [2.24, 2.45) is 5.73 Å². The molecule has 0 fully saturated rings. The molecule has 68 valence electrons. The number of rotatable bonds is 5. The Morgan fingerprint density at radius 1 is 1.67 bits per heavy atom. The quantitative estimate of drug-likeness (QED) is 0.763. The Bertz CT molecular complexity index is 198. The fourth-order valence-corrected chi connectivity index (χ4v) is 1.79. The molecule has 1 rings (SSSR count). The molecule has 0 aliphatic rings. The van der Waals surface area contributed by atoms with Crippen molar-refractivity contribution in [3.05, 3.63) is 22.4 Å². The fraction of sp³-hybridized carbons (Fsp3) is 0.556. The van der Waals surface area contributed by atoms with E-state index in [9.17, 15) is 0 Å². The fourth-order valence-electron chi connectivity index (χ4n) is 1.00. The third-order valence-electron chi connectivity index (χ3n) is 1.60. The van der Waals surface area contributed by atoms with Crippen molar-refractivity contribution in [3.63, 3.8) is 0 Å². The first-order valence-corrected chi connectivity index (χ1v) is 5.11. The molecule has 0 spiro atoms. The molecular formula is C9H15NOS. The molecule has 1 unspecified atom stereocenters. The van der Waals surface area contributed by atoms with E-state index in [0.717, 1.165) is 13.0 Å². The minimum atomic E-state index is 0.102. The summed E-state index contributed by atoms with van der Waals surface area (Å²) >= 11 is 1.70. The Balaban J connectivity index is 2.45. The highest BCUT2D eigenvalue weighted by Crippen LogP contribution is 2.21. The topological polar surface area (TPSA) is 35.2 Å². The molecule has 3 heteroatoms. The van der Waals surface area contributed by atoms with Crippen LogP contribution < -0.4 is 5.73 Å². The lowest BCUT2D eigenvalue weighted by Crippen LogP contribution is -2.15. The molecule has 0 saturated carbocycles. The van der Waals surface area contributed by atoms with E-state index in [4.69, 9.17) is 10.5 Å². The summed E-state index contributed by atoms with van der Waals surface area (Å²) in [5, 5.41) is 2.05. The standard InChI is InChI=1S/C9H15NOS/c1-2-5-11-8(7-10)9-4-3-6-12-9/h3-4,6,8H,2,5,7,10H2,1H3. The van der Waals surface area contributed by atoms with E-state index in [1.54, 1.807) is 11.3 Å². The van der Waals surface area contributed by atoms with Gasteiger partial charge in [0.2, 0.25) is 0 Å². The van der Waals surface area contributed by atoms with E-state index in [-0.39, 0.29) is 6.10 Å². The van der Waals surface area contributed by atoms with Gasteiger partial charge in [-0.15, -0.1) is 11.3 Å². The number of nitrogens with two attached hydrogens (primary N) is 1. The van der Waals surface area contributed by atoms with E-state index in [1.807, 2.05) is 11.4 Å². The molecule has 0 aromatic carbocycles. The van der Waals surface area contributed by atoms with Crippen molar-refractivity contribution in [3.8, 4) is 0 Å². The summed E-state index contributed by atoms with van der Waals surface area (Å²) in [5.74, 6) is 0. The molecule has 0 bridgehead atoms. The van der Waals surface area contributed by atoms with Gasteiger partial charge in [0.25, 0.3) is 0 Å². The van der Waals surface area contributed by atoms with E-state index in [2.05, 4.69) is 13.0 Å². The van der Waals surface area contributed by atoms with Gasteiger partial charge in [0.1, 0.15) is 6.10 Å². The highest BCUT2D eigenvalue weighted by molar-refractivity contribution is 7.10. The summed E-state index contributed by atoms with van der Waals surface area (Å²) in [4.78, 5) is 1.23. The van der Waals surface area contributed by atoms with Gasteiger partial charge in [0.05, 0.1) is 0 Å². The summed E-state index contributed by atoms with van der Waals surface area (Å²) in [5.41, 5.74) is 5.59. The van der Waals surface area contributed by atoms with Crippen molar-refractivity contribution >= 4 is 11.3 Å². The summed E-state index contributed by atoms with van der Waals surface area (Å²) in [6, 6.07) is 4.09. The Morgan fingerprint density at radius 2 is 2.50 bits per heavy atom. The van der Waals surface area contributed by atoms with Crippen molar-refractivity contribution in [1.29, 1.82) is 0 Å². The van der Waals surface area contributed by atoms with Crippen LogP contribution >= 0.6 is 11.3 Å². The highest BCUT2D eigenvalue weighted by Gasteiger charge is 2.09. The normalized spacial score (nSPS) is 13.2. The lowest BCUT2D eigenvalue weighted by Gasteiger charge is -2.13. The van der Waals surface area contributed by atoms with Gasteiger partial charge in [-0.3, -0.25) is 0 Å². The molecule has 0 aliphatic carbocycles. The molecule has 1 aromatic rings. The molecule has 0 saturated heterocycles. The van der Waals surface area contributed by atoms with Crippen molar-refractivity contribution in [2.45, 2.75) is 19.4 Å². The Morgan fingerprint density at radius 3 is 3.00 bits per heavy atom. The molecule has 2 nitrogen and oxygen atoms in total. The first-order chi connectivity index (χ1) is 5.88. The number of thiophene rings is 1. The zero-order valence-corrected chi connectivity index (χ0v) is 8.14. The lowest BCUT2D eigenvalue weighted by atomic mass is 10.3. The third-order valence-corrected chi connectivity index (χ3v) is 2.56. The Kier molecular flexibility index (Phi) is 4.29. The molecular weight excluding hydrogens is 170 g/mol. The van der Waals surface area contributed by atoms with Gasteiger partial charge >= 0.3 is 0 Å². The van der Waals surface area contributed by atoms with Crippen molar-refractivity contribution in [1.82, 2.24) is 0 Å². The molecule has 0 amide bonds. The smallest absolute Gasteiger partial charge is 0.104 e. The second kappa shape index (κ2) is 5.30. The van der Waals surface area contributed by atoms with Crippen LogP contribution in [-0.2, 0) is 4.74 Å². The second-order valence-electron chi connectivity index (χ2n) is 2.61. The van der Waals surface area contributed by atoms with E-state index in [1.165, 1.54) is 4.88 Å². The average molecular weight is 185 g/mol. The van der Waals surface area contributed by atoms with Gasteiger partial charge in [0, 0.05) is 18.0 Å². The van der Waals surface area contributed by atoms with Crippen LogP contribution in [0.15, 0.2) is 17.5 Å². The highest BCUT2D eigenvalue weighted by atomic mass is 32.1. The lowest BCUT2D eigenvalue weighted by molar-refractivity contribution is 0.0615. The molecule has 12 heavy (non-hydrogen) atoms. The molecule has 1 aromatic heterocycles. The van der Waals surface area contributed by atoms with Crippen LogP contribution in [-0.4, -0.2) is 13.2 Å². The van der Waals surface area contributed by atoms with E-state index < -0.39 is 0 Å². The minimum absolute atomic E-state index is 0.102. The summed E-state index contributed by atoms with van der Waals surface area (Å²) in [7, 11) is 0. The molecule has 1 heterocycles. The van der Waals surface area contributed by atoms with Crippen LogP contribution in [0.5, 0.6) is 0 Å². The maximum Gasteiger partial charge on any atom is 0.104 e. The van der Waals surface area contributed by atoms with Crippen LogP contribution in [0.1, 0.15) is 24.3 Å². The van der Waals surface area contributed by atoms with Gasteiger partial charge in [-0.2, -0.15) is 0 Å². The van der Waals surface area contributed by atoms with E-state index >= 15 is 0 Å². The van der Waals surface area contributed by atoms with Crippen LogP contribution in [0.2, 0.25) is 0 Å². The Labute approximate surface area is 77.3 Å². The average Bonchev–Trinajstić information content (AvgIpc) is 2.59. The third kappa shape index (κ3) is 2.59. The maximum absolute atomic E-state index is 5.59. The van der Waals surface area contributed by atoms with Gasteiger partial charge < -0.3 is 10.5 Å². The number of hydrogen-bond donors (Lipinski definition) is 1. The van der Waals surface area contributed by atoms with Gasteiger partial charge in [-0.1, -0.05) is 13.0 Å². The predicted molar refractivity (Wildman–Crippen MR) is 52.4 cm³/mol.